The van der Waals surface area contributed by atoms with Gasteiger partial charge in [0.2, 0.25) is 0 Å². The van der Waals surface area contributed by atoms with Gasteiger partial charge >= 0.3 is 0 Å². The van der Waals surface area contributed by atoms with E-state index in [1.165, 1.54) is 16.7 Å². The van der Waals surface area contributed by atoms with Gasteiger partial charge < -0.3 is 10.4 Å². The van der Waals surface area contributed by atoms with Gasteiger partial charge in [0.1, 0.15) is 0 Å². The van der Waals surface area contributed by atoms with Crippen molar-refractivity contribution in [3.63, 3.8) is 0 Å². The van der Waals surface area contributed by atoms with E-state index in [9.17, 15) is 5.11 Å². The number of hydrogen-bond acceptors (Lipinski definition) is 2. The number of aliphatic hydroxyl groups is 1. The van der Waals surface area contributed by atoms with E-state index in [0.29, 0.717) is 0 Å². The summed E-state index contributed by atoms with van der Waals surface area (Å²) in [6.07, 6.45) is 1.85. The van der Waals surface area contributed by atoms with Gasteiger partial charge in [0.25, 0.3) is 0 Å². The molecule has 2 N–H and O–H groups in total. The summed E-state index contributed by atoms with van der Waals surface area (Å²) in [5.74, 6) is 0. The van der Waals surface area contributed by atoms with Gasteiger partial charge in [0.05, 0.1) is 0 Å². The van der Waals surface area contributed by atoms with E-state index < -0.39 is 0 Å². The first-order chi connectivity index (χ1) is 8.03. The zero-order valence-electron chi connectivity index (χ0n) is 11.5. The van der Waals surface area contributed by atoms with E-state index in [-0.39, 0.29) is 12.1 Å². The van der Waals surface area contributed by atoms with Crippen LogP contribution in [0.2, 0.25) is 0 Å². The van der Waals surface area contributed by atoms with Crippen LogP contribution < -0.4 is 5.32 Å². The van der Waals surface area contributed by atoms with Gasteiger partial charge in [-0.1, -0.05) is 25.1 Å². The zero-order chi connectivity index (χ0) is 12.9. The molecule has 0 aliphatic heterocycles. The molecule has 1 unspecified atom stereocenters. The maximum Gasteiger partial charge on any atom is 0.0451 e. The first-order valence-electron chi connectivity index (χ1n) is 6.47. The van der Waals surface area contributed by atoms with Crippen molar-refractivity contribution >= 4 is 0 Å². The number of nitrogens with one attached hydrogen (secondary N) is 1. The summed E-state index contributed by atoms with van der Waals surface area (Å²) < 4.78 is 0. The van der Waals surface area contributed by atoms with E-state index in [0.717, 1.165) is 19.4 Å². The first-order valence-corrected chi connectivity index (χ1v) is 6.47. The monoisotopic (exact) mass is 235 g/mol. The van der Waals surface area contributed by atoms with Gasteiger partial charge in [0.15, 0.2) is 0 Å². The molecule has 1 rings (SSSR count). The smallest absolute Gasteiger partial charge is 0.0451 e. The van der Waals surface area contributed by atoms with Crippen LogP contribution in [0.5, 0.6) is 0 Å². The molecule has 0 saturated carbocycles. The fourth-order valence-corrected chi connectivity index (χ4v) is 2.04. The summed E-state index contributed by atoms with van der Waals surface area (Å²) in [6, 6.07) is 6.56. The van der Waals surface area contributed by atoms with E-state index in [1.54, 1.807) is 0 Å². The molecule has 0 heterocycles. The lowest BCUT2D eigenvalue weighted by molar-refractivity contribution is 0.221. The molecule has 0 spiro atoms. The molecule has 0 aliphatic carbocycles. The molecule has 0 aliphatic rings. The minimum absolute atomic E-state index is 0.122. The Bertz CT molecular complexity index is 362. The van der Waals surface area contributed by atoms with Crippen molar-refractivity contribution < 1.29 is 5.11 Å². The summed E-state index contributed by atoms with van der Waals surface area (Å²) >= 11 is 0. The van der Waals surface area contributed by atoms with Crippen molar-refractivity contribution in [2.24, 2.45) is 0 Å². The van der Waals surface area contributed by atoms with Crippen LogP contribution in [0.15, 0.2) is 18.2 Å². The molecule has 0 saturated heterocycles. The van der Waals surface area contributed by atoms with Crippen LogP contribution >= 0.6 is 0 Å². The number of hydrogen-bond donors (Lipinski definition) is 2. The van der Waals surface area contributed by atoms with Gasteiger partial charge in [-0.05, 0) is 56.8 Å². The third-order valence-electron chi connectivity index (χ3n) is 3.52. The minimum atomic E-state index is -0.122. The standard InChI is InChI=1S/C15H25NO/c1-5-9-16-15(4,8-10-17)14-7-6-12(2)13(3)11-14/h6-7,11,16-17H,5,8-10H2,1-4H3. The highest BCUT2D eigenvalue weighted by Crippen LogP contribution is 2.26. The summed E-state index contributed by atoms with van der Waals surface area (Å²) in [5.41, 5.74) is 3.77. The fraction of sp³-hybridized carbons (Fsp3) is 0.600. The van der Waals surface area contributed by atoms with E-state index >= 15 is 0 Å². The lowest BCUT2D eigenvalue weighted by Crippen LogP contribution is -2.40. The molecule has 0 fully saturated rings. The third-order valence-corrected chi connectivity index (χ3v) is 3.52. The van der Waals surface area contributed by atoms with Crippen LogP contribution in [0.1, 0.15) is 43.4 Å². The van der Waals surface area contributed by atoms with E-state index in [1.807, 2.05) is 0 Å². The highest BCUT2D eigenvalue weighted by molar-refractivity contribution is 5.34. The molecular formula is C15H25NO. The third kappa shape index (κ3) is 3.55. The normalized spacial score (nSPS) is 14.6. The Labute approximate surface area is 105 Å². The molecule has 96 valence electrons. The Hall–Kier alpha value is -0.860. The molecule has 17 heavy (non-hydrogen) atoms. The van der Waals surface area contributed by atoms with E-state index in [2.05, 4.69) is 51.2 Å². The van der Waals surface area contributed by atoms with Crippen molar-refractivity contribution in [2.75, 3.05) is 13.2 Å². The van der Waals surface area contributed by atoms with Gasteiger partial charge in [-0.15, -0.1) is 0 Å². The SMILES string of the molecule is CCCNC(C)(CCO)c1ccc(C)c(C)c1. The lowest BCUT2D eigenvalue weighted by Gasteiger charge is -2.31. The average Bonchev–Trinajstić information content (AvgIpc) is 2.30. The predicted molar refractivity (Wildman–Crippen MR) is 73.3 cm³/mol. The first kappa shape index (κ1) is 14.2. The molecule has 0 amide bonds. The summed E-state index contributed by atoms with van der Waals surface area (Å²) in [6.45, 7) is 9.78. The quantitative estimate of drug-likeness (QED) is 0.794. The Morgan fingerprint density at radius 1 is 1.24 bits per heavy atom. The molecule has 0 aromatic heterocycles. The zero-order valence-corrected chi connectivity index (χ0v) is 11.5. The van der Waals surface area contributed by atoms with Gasteiger partial charge in [-0.2, -0.15) is 0 Å². The van der Waals surface area contributed by atoms with Crippen LogP contribution in [0.3, 0.4) is 0 Å². The van der Waals surface area contributed by atoms with Gasteiger partial charge in [0, 0.05) is 12.1 Å². The van der Waals surface area contributed by atoms with Crippen LogP contribution in [0.25, 0.3) is 0 Å². The highest BCUT2D eigenvalue weighted by Gasteiger charge is 2.25. The van der Waals surface area contributed by atoms with Crippen molar-refractivity contribution in [1.29, 1.82) is 0 Å². The molecular weight excluding hydrogens is 210 g/mol. The van der Waals surface area contributed by atoms with Crippen molar-refractivity contribution in [1.82, 2.24) is 5.32 Å². The molecule has 1 aromatic carbocycles. The second kappa shape index (κ2) is 6.18. The molecule has 0 bridgehead atoms. The molecule has 2 heteroatoms. The van der Waals surface area contributed by atoms with Crippen molar-refractivity contribution in [3.05, 3.63) is 34.9 Å². The molecule has 0 radical (unpaired) electrons. The molecule has 1 aromatic rings. The average molecular weight is 235 g/mol. The number of rotatable bonds is 6. The highest BCUT2D eigenvalue weighted by atomic mass is 16.3. The van der Waals surface area contributed by atoms with Crippen LogP contribution in [-0.2, 0) is 5.54 Å². The maximum atomic E-state index is 9.25. The predicted octanol–water partition coefficient (Wildman–Crippen LogP) is 2.90. The molecule has 2 nitrogen and oxygen atoms in total. The van der Waals surface area contributed by atoms with Crippen molar-refractivity contribution in [3.8, 4) is 0 Å². The van der Waals surface area contributed by atoms with Crippen LogP contribution in [0.4, 0.5) is 0 Å². The topological polar surface area (TPSA) is 32.3 Å². The number of benzene rings is 1. The van der Waals surface area contributed by atoms with Crippen molar-refractivity contribution in [2.45, 2.75) is 46.1 Å². The second-order valence-electron chi connectivity index (χ2n) is 5.03. The van der Waals surface area contributed by atoms with Crippen LogP contribution in [-0.4, -0.2) is 18.3 Å². The lowest BCUT2D eigenvalue weighted by atomic mass is 9.87. The largest absolute Gasteiger partial charge is 0.396 e. The Kier molecular flexibility index (Phi) is 5.16. The number of aliphatic hydroxyl groups excluding tert-OH is 1. The maximum absolute atomic E-state index is 9.25. The molecule has 1 atom stereocenters. The Morgan fingerprint density at radius 3 is 2.47 bits per heavy atom. The summed E-state index contributed by atoms with van der Waals surface area (Å²) in [7, 11) is 0. The number of aryl methyl sites for hydroxylation is 2. The second-order valence-corrected chi connectivity index (χ2v) is 5.03. The Balaban J connectivity index is 2.99. The summed E-state index contributed by atoms with van der Waals surface area (Å²) in [5, 5.41) is 12.8. The summed E-state index contributed by atoms with van der Waals surface area (Å²) in [4.78, 5) is 0. The Morgan fingerprint density at radius 2 is 1.94 bits per heavy atom. The minimum Gasteiger partial charge on any atom is -0.396 e. The fourth-order valence-electron chi connectivity index (χ4n) is 2.04. The van der Waals surface area contributed by atoms with Crippen LogP contribution in [0, 0.1) is 13.8 Å². The van der Waals surface area contributed by atoms with Gasteiger partial charge in [-0.3, -0.25) is 0 Å². The van der Waals surface area contributed by atoms with E-state index in [4.69, 9.17) is 0 Å². The van der Waals surface area contributed by atoms with Gasteiger partial charge in [-0.25, -0.2) is 0 Å².